The van der Waals surface area contributed by atoms with Crippen molar-refractivity contribution in [3.8, 4) is 10.6 Å². The summed E-state index contributed by atoms with van der Waals surface area (Å²) in [6.07, 6.45) is 0. The summed E-state index contributed by atoms with van der Waals surface area (Å²) in [7, 11) is 0. The van der Waals surface area contributed by atoms with Crippen molar-refractivity contribution in [3.05, 3.63) is 40.4 Å². The molecule has 0 amide bonds. The summed E-state index contributed by atoms with van der Waals surface area (Å²) in [6.45, 7) is 4.03. The normalized spacial score (nSPS) is 12.4. The number of hydrogen-bond donors (Lipinski definition) is 2. The van der Waals surface area contributed by atoms with Gasteiger partial charge in [0.25, 0.3) is 0 Å². The third-order valence-electron chi connectivity index (χ3n) is 2.80. The van der Waals surface area contributed by atoms with Gasteiger partial charge in [0.1, 0.15) is 11.0 Å². The molecule has 18 heavy (non-hydrogen) atoms. The minimum Gasteiger partial charge on any atom is -0.480 e. The molecule has 0 aliphatic heterocycles. The number of carbonyl (C=O) groups is 1. The van der Waals surface area contributed by atoms with Crippen molar-refractivity contribution in [3.63, 3.8) is 0 Å². The van der Waals surface area contributed by atoms with Crippen LogP contribution in [0, 0.1) is 13.8 Å². The molecule has 1 unspecified atom stereocenters. The lowest BCUT2D eigenvalue weighted by Crippen LogP contribution is -2.20. The van der Waals surface area contributed by atoms with Crippen LogP contribution < -0.4 is 5.73 Å². The lowest BCUT2D eigenvalue weighted by Gasteiger charge is -2.06. The Bertz CT molecular complexity index is 572. The first-order chi connectivity index (χ1) is 8.50. The second-order valence-corrected chi connectivity index (χ2v) is 5.02. The summed E-state index contributed by atoms with van der Waals surface area (Å²) in [5, 5.41) is 11.4. The van der Waals surface area contributed by atoms with E-state index >= 15 is 0 Å². The number of carboxylic acid groups (broad SMARTS) is 1. The molecule has 1 atom stereocenters. The molecule has 1 aromatic carbocycles. The highest BCUT2D eigenvalue weighted by Crippen LogP contribution is 2.30. The fourth-order valence-corrected chi connectivity index (χ4v) is 2.85. The second kappa shape index (κ2) is 4.88. The molecule has 1 aromatic heterocycles. The first-order valence-electron chi connectivity index (χ1n) is 5.51. The minimum atomic E-state index is -1.06. The SMILES string of the molecule is Cc1cccc(C)c1-c1nc(C(N)C(=O)O)cs1. The first kappa shape index (κ1) is 12.7. The Morgan fingerprint density at radius 2 is 2.00 bits per heavy atom. The van der Waals surface area contributed by atoms with Gasteiger partial charge in [0.15, 0.2) is 0 Å². The number of aryl methyl sites for hydroxylation is 2. The zero-order valence-corrected chi connectivity index (χ0v) is 11.0. The molecular weight excluding hydrogens is 248 g/mol. The van der Waals surface area contributed by atoms with Crippen molar-refractivity contribution >= 4 is 17.3 Å². The Labute approximate surface area is 109 Å². The zero-order chi connectivity index (χ0) is 13.3. The van der Waals surface area contributed by atoms with Crippen molar-refractivity contribution in [1.82, 2.24) is 4.98 Å². The van der Waals surface area contributed by atoms with Gasteiger partial charge in [0.2, 0.25) is 0 Å². The zero-order valence-electron chi connectivity index (χ0n) is 10.2. The Morgan fingerprint density at radius 1 is 1.39 bits per heavy atom. The fourth-order valence-electron chi connectivity index (χ4n) is 1.82. The van der Waals surface area contributed by atoms with E-state index in [2.05, 4.69) is 4.98 Å². The lowest BCUT2D eigenvalue weighted by molar-refractivity contribution is -0.138. The van der Waals surface area contributed by atoms with Gasteiger partial charge < -0.3 is 10.8 Å². The quantitative estimate of drug-likeness (QED) is 0.891. The molecule has 2 aromatic rings. The summed E-state index contributed by atoms with van der Waals surface area (Å²) >= 11 is 1.42. The van der Waals surface area contributed by atoms with Gasteiger partial charge >= 0.3 is 5.97 Å². The Balaban J connectivity index is 2.44. The van der Waals surface area contributed by atoms with E-state index in [1.54, 1.807) is 5.38 Å². The summed E-state index contributed by atoms with van der Waals surface area (Å²) in [6, 6.07) is 4.96. The van der Waals surface area contributed by atoms with Crippen LogP contribution in [-0.2, 0) is 4.79 Å². The monoisotopic (exact) mass is 262 g/mol. The van der Waals surface area contributed by atoms with Crippen LogP contribution in [0.15, 0.2) is 23.6 Å². The number of nitrogens with two attached hydrogens (primary N) is 1. The minimum absolute atomic E-state index is 0.408. The molecule has 0 fully saturated rings. The molecule has 5 heteroatoms. The topological polar surface area (TPSA) is 76.2 Å². The van der Waals surface area contributed by atoms with Gasteiger partial charge in [-0.25, -0.2) is 4.98 Å². The maximum Gasteiger partial charge on any atom is 0.326 e. The lowest BCUT2D eigenvalue weighted by atomic mass is 10.0. The highest BCUT2D eigenvalue weighted by Gasteiger charge is 2.19. The summed E-state index contributed by atoms with van der Waals surface area (Å²) < 4.78 is 0. The number of benzene rings is 1. The summed E-state index contributed by atoms with van der Waals surface area (Å²) in [4.78, 5) is 15.2. The molecular formula is C13H14N2O2S. The first-order valence-corrected chi connectivity index (χ1v) is 6.39. The van der Waals surface area contributed by atoms with Crippen LogP contribution in [0.4, 0.5) is 0 Å². The van der Waals surface area contributed by atoms with Crippen molar-refractivity contribution in [2.45, 2.75) is 19.9 Å². The van der Waals surface area contributed by atoms with E-state index in [1.165, 1.54) is 11.3 Å². The molecule has 3 N–H and O–H groups in total. The number of rotatable bonds is 3. The third-order valence-corrected chi connectivity index (χ3v) is 3.68. The van der Waals surface area contributed by atoms with Gasteiger partial charge in [-0.15, -0.1) is 11.3 Å². The molecule has 0 aliphatic rings. The standard InChI is InChI=1S/C13H14N2O2S/c1-7-4-3-5-8(2)10(7)12-15-9(6-18-12)11(14)13(16)17/h3-6,11H,14H2,1-2H3,(H,16,17). The molecule has 94 valence electrons. The molecule has 0 aliphatic carbocycles. The van der Waals surface area contributed by atoms with Crippen molar-refractivity contribution in [2.75, 3.05) is 0 Å². The van der Waals surface area contributed by atoms with E-state index in [-0.39, 0.29) is 0 Å². The average Bonchev–Trinajstić information content (AvgIpc) is 2.77. The number of carboxylic acids is 1. The van der Waals surface area contributed by atoms with Crippen molar-refractivity contribution in [2.24, 2.45) is 5.73 Å². The summed E-state index contributed by atoms with van der Waals surface area (Å²) in [5.74, 6) is -1.06. The number of thiazole rings is 1. The van der Waals surface area contributed by atoms with Crippen LogP contribution in [0.2, 0.25) is 0 Å². The second-order valence-electron chi connectivity index (χ2n) is 4.16. The van der Waals surface area contributed by atoms with E-state index < -0.39 is 12.0 Å². The molecule has 0 radical (unpaired) electrons. The fraction of sp³-hybridized carbons (Fsp3) is 0.231. The van der Waals surface area contributed by atoms with Gasteiger partial charge in [0.05, 0.1) is 5.69 Å². The average molecular weight is 262 g/mol. The Morgan fingerprint density at radius 3 is 2.56 bits per heavy atom. The van der Waals surface area contributed by atoms with Crippen LogP contribution in [0.1, 0.15) is 22.9 Å². The predicted molar refractivity (Wildman–Crippen MR) is 71.6 cm³/mol. The highest BCUT2D eigenvalue weighted by molar-refractivity contribution is 7.13. The molecule has 2 rings (SSSR count). The molecule has 0 saturated carbocycles. The molecule has 0 saturated heterocycles. The smallest absolute Gasteiger partial charge is 0.326 e. The van der Waals surface area contributed by atoms with Gasteiger partial charge in [-0.1, -0.05) is 18.2 Å². The van der Waals surface area contributed by atoms with E-state index in [0.717, 1.165) is 21.7 Å². The van der Waals surface area contributed by atoms with Crippen molar-refractivity contribution < 1.29 is 9.90 Å². The maximum absolute atomic E-state index is 10.8. The highest BCUT2D eigenvalue weighted by atomic mass is 32.1. The van der Waals surface area contributed by atoms with E-state index in [1.807, 2.05) is 32.0 Å². The van der Waals surface area contributed by atoms with E-state index in [9.17, 15) is 4.79 Å². The predicted octanol–water partition coefficient (Wildman–Crippen LogP) is 2.51. The largest absolute Gasteiger partial charge is 0.480 e. The van der Waals surface area contributed by atoms with Crippen LogP contribution >= 0.6 is 11.3 Å². The van der Waals surface area contributed by atoms with Crippen molar-refractivity contribution in [1.29, 1.82) is 0 Å². The van der Waals surface area contributed by atoms with E-state index in [0.29, 0.717) is 5.69 Å². The number of aromatic nitrogens is 1. The van der Waals surface area contributed by atoms with Gasteiger partial charge in [0, 0.05) is 10.9 Å². The van der Waals surface area contributed by atoms with Gasteiger partial charge in [-0.3, -0.25) is 4.79 Å². The molecule has 0 spiro atoms. The summed E-state index contributed by atoms with van der Waals surface area (Å²) in [5.41, 5.74) is 9.27. The number of aliphatic carboxylic acids is 1. The van der Waals surface area contributed by atoms with Crippen LogP contribution in [0.5, 0.6) is 0 Å². The third kappa shape index (κ3) is 2.27. The van der Waals surface area contributed by atoms with Crippen LogP contribution in [-0.4, -0.2) is 16.1 Å². The molecule has 4 nitrogen and oxygen atoms in total. The number of hydrogen-bond acceptors (Lipinski definition) is 4. The molecule has 0 bridgehead atoms. The van der Waals surface area contributed by atoms with Crippen LogP contribution in [0.25, 0.3) is 10.6 Å². The van der Waals surface area contributed by atoms with Crippen LogP contribution in [0.3, 0.4) is 0 Å². The van der Waals surface area contributed by atoms with Gasteiger partial charge in [-0.2, -0.15) is 0 Å². The molecule has 1 heterocycles. The maximum atomic E-state index is 10.8. The Kier molecular flexibility index (Phi) is 3.45. The number of nitrogens with zero attached hydrogens (tertiary/aromatic N) is 1. The van der Waals surface area contributed by atoms with E-state index in [4.69, 9.17) is 10.8 Å². The van der Waals surface area contributed by atoms with Gasteiger partial charge in [-0.05, 0) is 25.0 Å². The Hall–Kier alpha value is -1.72.